The van der Waals surface area contributed by atoms with Crippen LogP contribution >= 0.6 is 0 Å². The van der Waals surface area contributed by atoms with E-state index in [1.165, 1.54) is 12.1 Å². The van der Waals surface area contributed by atoms with Crippen LogP contribution in [0.3, 0.4) is 0 Å². The normalized spacial score (nSPS) is 31.3. The maximum atomic E-state index is 13.4. The Hall–Kier alpha value is -2.83. The second-order valence-corrected chi connectivity index (χ2v) is 7.15. The van der Waals surface area contributed by atoms with E-state index in [1.54, 1.807) is 18.5 Å². The second-order valence-electron chi connectivity index (χ2n) is 7.15. The number of carbonyl (C=O) groups is 1. The molecule has 4 unspecified atom stereocenters. The Labute approximate surface area is 149 Å². The van der Waals surface area contributed by atoms with E-state index in [-0.39, 0.29) is 23.6 Å². The lowest BCUT2D eigenvalue weighted by atomic mass is 9.72. The molecule has 5 rings (SSSR count). The molecule has 0 radical (unpaired) electrons. The molecule has 1 aliphatic heterocycles. The van der Waals surface area contributed by atoms with Crippen LogP contribution in [0, 0.1) is 23.7 Å². The number of fused-ring (bicyclic) bond motifs is 5. The molecule has 1 N–H and O–H groups in total. The van der Waals surface area contributed by atoms with Crippen molar-refractivity contribution in [2.75, 3.05) is 5.32 Å². The zero-order chi connectivity index (χ0) is 17.7. The summed E-state index contributed by atoms with van der Waals surface area (Å²) in [4.78, 5) is 27.0. The van der Waals surface area contributed by atoms with Gasteiger partial charge in [0.25, 0.3) is 5.91 Å². The zero-order valence-electron chi connectivity index (χ0n) is 13.9. The first-order valence-electron chi connectivity index (χ1n) is 8.79. The van der Waals surface area contributed by atoms with Crippen molar-refractivity contribution in [3.63, 3.8) is 0 Å². The van der Waals surface area contributed by atoms with E-state index in [0.29, 0.717) is 5.92 Å². The Morgan fingerprint density at radius 2 is 2.19 bits per heavy atom. The average molecular weight is 352 g/mol. The number of hydrogen-bond donors (Lipinski definition) is 1. The molecular formula is C19H17FN4O2. The first kappa shape index (κ1) is 15.4. The van der Waals surface area contributed by atoms with Crippen molar-refractivity contribution in [1.29, 1.82) is 0 Å². The van der Waals surface area contributed by atoms with Crippen molar-refractivity contribution in [2.24, 2.45) is 22.9 Å². The zero-order valence-corrected chi connectivity index (χ0v) is 13.9. The SMILES string of the molecule is O=C(Nc1cccc(F)n1)C12ON=C(c3cccnc3)C1C1CCC2C1. The molecule has 4 atom stereocenters. The lowest BCUT2D eigenvalue weighted by molar-refractivity contribution is -0.149. The molecule has 0 aromatic carbocycles. The largest absolute Gasteiger partial charge is 0.378 e. The Balaban J connectivity index is 1.50. The number of aromatic nitrogens is 2. The van der Waals surface area contributed by atoms with Crippen LogP contribution in [0.4, 0.5) is 10.2 Å². The van der Waals surface area contributed by atoms with Crippen molar-refractivity contribution < 1.29 is 14.0 Å². The lowest BCUT2D eigenvalue weighted by Crippen LogP contribution is -2.53. The van der Waals surface area contributed by atoms with Crippen molar-refractivity contribution in [3.8, 4) is 0 Å². The maximum Gasteiger partial charge on any atom is 0.273 e. The number of pyridine rings is 2. The predicted molar refractivity (Wildman–Crippen MR) is 91.7 cm³/mol. The number of carbonyl (C=O) groups excluding carboxylic acids is 1. The number of oxime groups is 1. The monoisotopic (exact) mass is 352 g/mol. The van der Waals surface area contributed by atoms with Crippen LogP contribution in [0.15, 0.2) is 47.9 Å². The summed E-state index contributed by atoms with van der Waals surface area (Å²) in [7, 11) is 0. The van der Waals surface area contributed by atoms with Gasteiger partial charge in [-0.05, 0) is 49.4 Å². The van der Waals surface area contributed by atoms with Gasteiger partial charge in [-0.25, -0.2) is 4.98 Å². The van der Waals surface area contributed by atoms with Gasteiger partial charge in [0.2, 0.25) is 11.5 Å². The van der Waals surface area contributed by atoms with Gasteiger partial charge in [0.05, 0.1) is 11.6 Å². The van der Waals surface area contributed by atoms with E-state index >= 15 is 0 Å². The van der Waals surface area contributed by atoms with Gasteiger partial charge in [-0.2, -0.15) is 4.39 Å². The smallest absolute Gasteiger partial charge is 0.273 e. The van der Waals surface area contributed by atoms with E-state index in [4.69, 9.17) is 4.84 Å². The molecule has 2 saturated carbocycles. The fourth-order valence-electron chi connectivity index (χ4n) is 4.86. The van der Waals surface area contributed by atoms with Crippen LogP contribution in [-0.4, -0.2) is 27.2 Å². The fraction of sp³-hybridized carbons (Fsp3) is 0.368. The molecule has 26 heavy (non-hydrogen) atoms. The molecule has 2 bridgehead atoms. The minimum Gasteiger partial charge on any atom is -0.378 e. The van der Waals surface area contributed by atoms with Crippen LogP contribution in [0.5, 0.6) is 0 Å². The maximum absolute atomic E-state index is 13.4. The third kappa shape index (κ3) is 2.09. The highest BCUT2D eigenvalue weighted by Crippen LogP contribution is 2.60. The molecule has 2 aromatic heterocycles. The van der Waals surface area contributed by atoms with Gasteiger partial charge in [0.15, 0.2) is 0 Å². The van der Waals surface area contributed by atoms with Crippen LogP contribution < -0.4 is 5.32 Å². The summed E-state index contributed by atoms with van der Waals surface area (Å²) < 4.78 is 13.4. The van der Waals surface area contributed by atoms with Gasteiger partial charge in [0.1, 0.15) is 5.82 Å². The van der Waals surface area contributed by atoms with E-state index in [9.17, 15) is 9.18 Å². The minimum absolute atomic E-state index is 0.101. The lowest BCUT2D eigenvalue weighted by Gasteiger charge is -2.35. The number of nitrogens with zero attached hydrogens (tertiary/aromatic N) is 3. The number of rotatable bonds is 3. The summed E-state index contributed by atoms with van der Waals surface area (Å²) in [6.45, 7) is 0. The second kappa shape index (κ2) is 5.59. The number of hydrogen-bond acceptors (Lipinski definition) is 5. The minimum atomic E-state index is -1.04. The van der Waals surface area contributed by atoms with Gasteiger partial charge in [0, 0.05) is 23.9 Å². The van der Waals surface area contributed by atoms with Crippen molar-refractivity contribution in [3.05, 3.63) is 54.2 Å². The molecule has 2 fully saturated rings. The molecule has 132 valence electrons. The van der Waals surface area contributed by atoms with E-state index in [0.717, 1.165) is 30.5 Å². The quantitative estimate of drug-likeness (QED) is 0.862. The molecule has 3 aliphatic rings. The first-order valence-corrected chi connectivity index (χ1v) is 8.79. The van der Waals surface area contributed by atoms with Crippen LogP contribution in [0.25, 0.3) is 0 Å². The fourth-order valence-corrected chi connectivity index (χ4v) is 4.86. The Bertz CT molecular complexity index is 903. The Kier molecular flexibility index (Phi) is 3.32. The highest BCUT2D eigenvalue weighted by Gasteiger charge is 2.69. The third-order valence-electron chi connectivity index (χ3n) is 5.87. The Morgan fingerprint density at radius 1 is 1.27 bits per heavy atom. The van der Waals surface area contributed by atoms with E-state index < -0.39 is 11.5 Å². The topological polar surface area (TPSA) is 76.5 Å². The van der Waals surface area contributed by atoms with Crippen molar-refractivity contribution in [1.82, 2.24) is 9.97 Å². The molecule has 0 spiro atoms. The summed E-state index contributed by atoms with van der Waals surface area (Å²) in [6.07, 6.45) is 6.38. The van der Waals surface area contributed by atoms with Crippen LogP contribution in [0.2, 0.25) is 0 Å². The summed E-state index contributed by atoms with van der Waals surface area (Å²) in [5, 5.41) is 7.04. The molecule has 0 saturated heterocycles. The standard InChI is InChI=1S/C19H17FN4O2/c20-14-4-1-5-15(22-14)23-18(25)19-13-7-6-11(9-13)16(19)17(24-26-19)12-3-2-8-21-10-12/h1-5,8,10-11,13,16H,6-7,9H2,(H,22,23,25). The van der Waals surface area contributed by atoms with Gasteiger partial charge in [-0.1, -0.05) is 11.2 Å². The highest BCUT2D eigenvalue weighted by molar-refractivity contribution is 6.10. The number of amides is 1. The molecule has 2 aromatic rings. The van der Waals surface area contributed by atoms with Gasteiger partial charge in [-0.3, -0.25) is 9.78 Å². The summed E-state index contributed by atoms with van der Waals surface area (Å²) in [5.41, 5.74) is 0.624. The molecule has 2 aliphatic carbocycles. The molecule has 7 heteroatoms. The van der Waals surface area contributed by atoms with E-state index in [1.807, 2.05) is 12.1 Å². The molecule has 1 amide bonds. The number of anilines is 1. The summed E-state index contributed by atoms with van der Waals surface area (Å²) >= 11 is 0. The summed E-state index contributed by atoms with van der Waals surface area (Å²) in [6, 6.07) is 8.10. The van der Waals surface area contributed by atoms with Crippen LogP contribution in [0.1, 0.15) is 24.8 Å². The molecule has 3 heterocycles. The highest BCUT2D eigenvalue weighted by atomic mass is 19.1. The van der Waals surface area contributed by atoms with E-state index in [2.05, 4.69) is 20.4 Å². The van der Waals surface area contributed by atoms with Gasteiger partial charge < -0.3 is 10.2 Å². The summed E-state index contributed by atoms with van der Waals surface area (Å²) in [5.74, 6) is -0.403. The predicted octanol–water partition coefficient (Wildman–Crippen LogP) is 2.77. The molecule has 6 nitrogen and oxygen atoms in total. The van der Waals surface area contributed by atoms with Gasteiger partial charge >= 0.3 is 0 Å². The number of halogens is 1. The third-order valence-corrected chi connectivity index (χ3v) is 5.87. The van der Waals surface area contributed by atoms with Crippen molar-refractivity contribution >= 4 is 17.4 Å². The van der Waals surface area contributed by atoms with Crippen LogP contribution in [-0.2, 0) is 9.63 Å². The average Bonchev–Trinajstić information content (AvgIpc) is 3.34. The first-order chi connectivity index (χ1) is 12.7. The number of nitrogens with one attached hydrogen (secondary N) is 1. The Morgan fingerprint density at radius 3 is 3.00 bits per heavy atom. The van der Waals surface area contributed by atoms with Crippen molar-refractivity contribution in [2.45, 2.75) is 24.9 Å². The van der Waals surface area contributed by atoms with Gasteiger partial charge in [-0.15, -0.1) is 0 Å². The molecular weight excluding hydrogens is 335 g/mol.